The molecule has 1 aliphatic heterocycles. The highest BCUT2D eigenvalue weighted by atomic mass is 32.1. The summed E-state index contributed by atoms with van der Waals surface area (Å²) in [6.07, 6.45) is 4.65. The van der Waals surface area contributed by atoms with Crippen molar-refractivity contribution in [2.75, 3.05) is 6.61 Å². The van der Waals surface area contributed by atoms with Crippen molar-refractivity contribution in [3.05, 3.63) is 47.2 Å². The summed E-state index contributed by atoms with van der Waals surface area (Å²) < 4.78 is 7.70. The molecule has 4 rings (SSSR count). The van der Waals surface area contributed by atoms with E-state index < -0.39 is 0 Å². The first-order valence-electron chi connectivity index (χ1n) is 8.39. The Labute approximate surface area is 146 Å². The van der Waals surface area contributed by atoms with Crippen LogP contribution in [0.5, 0.6) is 0 Å². The van der Waals surface area contributed by atoms with E-state index in [2.05, 4.69) is 49.2 Å². The second-order valence-electron chi connectivity index (χ2n) is 6.29. The van der Waals surface area contributed by atoms with Gasteiger partial charge in [0.2, 0.25) is 0 Å². The van der Waals surface area contributed by atoms with Crippen molar-refractivity contribution in [1.82, 2.24) is 14.8 Å². The molecule has 1 saturated heterocycles. The molecule has 0 aliphatic carbocycles. The highest BCUT2D eigenvalue weighted by Gasteiger charge is 2.16. The van der Waals surface area contributed by atoms with Gasteiger partial charge in [-0.2, -0.15) is 5.10 Å². The number of thiazole rings is 1. The molecular weight excluding hydrogens is 318 g/mol. The summed E-state index contributed by atoms with van der Waals surface area (Å²) >= 11 is 1.74. The Morgan fingerprint density at radius 2 is 2.12 bits per heavy atom. The van der Waals surface area contributed by atoms with Gasteiger partial charge in [-0.15, -0.1) is 11.3 Å². The first kappa shape index (κ1) is 15.5. The van der Waals surface area contributed by atoms with Crippen molar-refractivity contribution in [2.45, 2.75) is 39.3 Å². The zero-order chi connectivity index (χ0) is 16.5. The van der Waals surface area contributed by atoms with Gasteiger partial charge in [-0.25, -0.2) is 4.98 Å². The Kier molecular flexibility index (Phi) is 4.21. The first-order chi connectivity index (χ1) is 11.7. The van der Waals surface area contributed by atoms with Crippen LogP contribution in [0.3, 0.4) is 0 Å². The van der Waals surface area contributed by atoms with Crippen LogP contribution in [0.15, 0.2) is 36.5 Å². The standard InChI is InChI=1S/C19H21N3OS/c1-13-19(24-14(2)20-13)16-6-3-5-15(11-16)18-8-9-22(21-18)12-17-7-4-10-23-17/h3,5-6,8-9,11,17H,4,7,10,12H2,1-2H3. The molecule has 1 fully saturated rings. The van der Waals surface area contributed by atoms with E-state index >= 15 is 0 Å². The van der Waals surface area contributed by atoms with Crippen LogP contribution in [0.1, 0.15) is 23.5 Å². The molecule has 3 heterocycles. The minimum Gasteiger partial charge on any atom is -0.376 e. The number of benzene rings is 1. The molecule has 0 N–H and O–H groups in total. The van der Waals surface area contributed by atoms with Crippen LogP contribution in [0.2, 0.25) is 0 Å². The van der Waals surface area contributed by atoms with Crippen LogP contribution in [-0.2, 0) is 11.3 Å². The normalized spacial score (nSPS) is 17.5. The Morgan fingerprint density at radius 1 is 1.25 bits per heavy atom. The third-order valence-corrected chi connectivity index (χ3v) is 5.50. The van der Waals surface area contributed by atoms with Gasteiger partial charge < -0.3 is 4.74 Å². The summed E-state index contributed by atoms with van der Waals surface area (Å²) in [4.78, 5) is 5.78. The highest BCUT2D eigenvalue weighted by Crippen LogP contribution is 2.32. The molecule has 124 valence electrons. The lowest BCUT2D eigenvalue weighted by Gasteiger charge is -2.08. The Bertz CT molecular complexity index is 846. The zero-order valence-electron chi connectivity index (χ0n) is 14.0. The lowest BCUT2D eigenvalue weighted by molar-refractivity contribution is 0.0940. The minimum atomic E-state index is 0.312. The molecule has 1 aliphatic rings. The molecule has 3 aromatic rings. The molecule has 1 atom stereocenters. The van der Waals surface area contributed by atoms with E-state index in [4.69, 9.17) is 9.84 Å². The summed E-state index contributed by atoms with van der Waals surface area (Å²) in [5.41, 5.74) is 4.46. The maximum atomic E-state index is 5.70. The minimum absolute atomic E-state index is 0.312. The third-order valence-electron chi connectivity index (χ3n) is 4.38. The number of hydrogen-bond acceptors (Lipinski definition) is 4. The van der Waals surface area contributed by atoms with Gasteiger partial charge in [0.25, 0.3) is 0 Å². The van der Waals surface area contributed by atoms with Crippen molar-refractivity contribution in [3.8, 4) is 21.7 Å². The van der Waals surface area contributed by atoms with E-state index in [1.54, 1.807) is 11.3 Å². The molecular formula is C19H21N3OS. The predicted molar refractivity (Wildman–Crippen MR) is 97.2 cm³/mol. The predicted octanol–water partition coefficient (Wildman–Crippen LogP) is 4.47. The fraction of sp³-hybridized carbons (Fsp3) is 0.368. The quantitative estimate of drug-likeness (QED) is 0.704. The van der Waals surface area contributed by atoms with Crippen molar-refractivity contribution < 1.29 is 4.74 Å². The van der Waals surface area contributed by atoms with Crippen LogP contribution >= 0.6 is 11.3 Å². The number of nitrogens with zero attached hydrogens (tertiary/aromatic N) is 3. The van der Waals surface area contributed by atoms with Crippen LogP contribution in [0.4, 0.5) is 0 Å². The molecule has 2 aromatic heterocycles. The Hall–Kier alpha value is -1.98. The maximum absolute atomic E-state index is 5.70. The zero-order valence-corrected chi connectivity index (χ0v) is 14.8. The fourth-order valence-electron chi connectivity index (χ4n) is 3.23. The number of rotatable bonds is 4. The molecule has 0 saturated carbocycles. The topological polar surface area (TPSA) is 39.9 Å². The van der Waals surface area contributed by atoms with Crippen LogP contribution in [0.25, 0.3) is 21.7 Å². The van der Waals surface area contributed by atoms with Gasteiger partial charge in [-0.1, -0.05) is 18.2 Å². The summed E-state index contributed by atoms with van der Waals surface area (Å²) in [5, 5.41) is 5.84. The fourth-order valence-corrected chi connectivity index (χ4v) is 4.15. The SMILES string of the molecule is Cc1nc(C)c(-c2cccc(-c3ccn(CC4CCCO4)n3)c2)s1. The smallest absolute Gasteiger partial charge is 0.0923 e. The lowest BCUT2D eigenvalue weighted by Crippen LogP contribution is -2.15. The van der Waals surface area contributed by atoms with Gasteiger partial charge in [0, 0.05) is 18.4 Å². The summed E-state index contributed by atoms with van der Waals surface area (Å²) in [5.74, 6) is 0. The van der Waals surface area contributed by atoms with E-state index in [0.29, 0.717) is 6.10 Å². The second kappa shape index (κ2) is 6.49. The van der Waals surface area contributed by atoms with E-state index in [1.165, 1.54) is 10.4 Å². The highest BCUT2D eigenvalue weighted by molar-refractivity contribution is 7.15. The maximum Gasteiger partial charge on any atom is 0.0923 e. The van der Waals surface area contributed by atoms with E-state index in [-0.39, 0.29) is 0 Å². The van der Waals surface area contributed by atoms with Crippen molar-refractivity contribution in [3.63, 3.8) is 0 Å². The van der Waals surface area contributed by atoms with Crippen molar-refractivity contribution in [2.24, 2.45) is 0 Å². The summed E-state index contributed by atoms with van der Waals surface area (Å²) in [6, 6.07) is 10.6. The van der Waals surface area contributed by atoms with Gasteiger partial charge in [0.05, 0.1) is 33.9 Å². The van der Waals surface area contributed by atoms with Crippen LogP contribution in [0, 0.1) is 13.8 Å². The second-order valence-corrected chi connectivity index (χ2v) is 7.49. The average molecular weight is 339 g/mol. The number of hydrogen-bond donors (Lipinski definition) is 0. The summed E-state index contributed by atoms with van der Waals surface area (Å²) in [7, 11) is 0. The van der Waals surface area contributed by atoms with Gasteiger partial charge in [-0.05, 0) is 44.4 Å². The summed E-state index contributed by atoms with van der Waals surface area (Å²) in [6.45, 7) is 5.85. The van der Waals surface area contributed by atoms with Crippen molar-refractivity contribution >= 4 is 11.3 Å². The van der Waals surface area contributed by atoms with Crippen LogP contribution < -0.4 is 0 Å². The number of ether oxygens (including phenoxy) is 1. The molecule has 0 amide bonds. The molecule has 0 bridgehead atoms. The van der Waals surface area contributed by atoms with E-state index in [0.717, 1.165) is 48.0 Å². The molecule has 1 unspecified atom stereocenters. The van der Waals surface area contributed by atoms with Gasteiger partial charge >= 0.3 is 0 Å². The Morgan fingerprint density at radius 3 is 2.88 bits per heavy atom. The van der Waals surface area contributed by atoms with Crippen LogP contribution in [-0.4, -0.2) is 27.5 Å². The third kappa shape index (κ3) is 3.14. The monoisotopic (exact) mass is 339 g/mol. The Balaban J connectivity index is 1.59. The first-order valence-corrected chi connectivity index (χ1v) is 9.20. The van der Waals surface area contributed by atoms with E-state index in [9.17, 15) is 0 Å². The molecule has 5 heteroatoms. The average Bonchev–Trinajstić information content (AvgIpc) is 3.30. The van der Waals surface area contributed by atoms with E-state index in [1.807, 2.05) is 10.9 Å². The van der Waals surface area contributed by atoms with Gasteiger partial charge in [-0.3, -0.25) is 4.68 Å². The molecule has 0 spiro atoms. The molecule has 4 nitrogen and oxygen atoms in total. The molecule has 0 radical (unpaired) electrons. The lowest BCUT2D eigenvalue weighted by atomic mass is 10.1. The molecule has 1 aromatic carbocycles. The number of aryl methyl sites for hydroxylation is 2. The van der Waals surface area contributed by atoms with Gasteiger partial charge in [0.1, 0.15) is 0 Å². The largest absolute Gasteiger partial charge is 0.376 e. The number of aromatic nitrogens is 3. The van der Waals surface area contributed by atoms with Gasteiger partial charge in [0.15, 0.2) is 0 Å². The molecule has 24 heavy (non-hydrogen) atoms. The van der Waals surface area contributed by atoms with Crippen molar-refractivity contribution in [1.29, 1.82) is 0 Å².